The maximum absolute atomic E-state index is 11.4. The van der Waals surface area contributed by atoms with Gasteiger partial charge in [0, 0.05) is 11.8 Å². The second kappa shape index (κ2) is 6.10. The van der Waals surface area contributed by atoms with Gasteiger partial charge in [-0.3, -0.25) is 4.98 Å². The molecule has 5 nitrogen and oxygen atoms in total. The molecule has 0 radical (unpaired) electrons. The molecular weight excluding hydrogens is 278 g/mol. The molecule has 1 aliphatic rings. The number of aliphatic hydroxyl groups excluding tert-OH is 1. The molecule has 2 heterocycles. The zero-order valence-corrected chi connectivity index (χ0v) is 12.6. The smallest absolute Gasteiger partial charge is 0.150 e. The Morgan fingerprint density at radius 3 is 2.80 bits per heavy atom. The summed E-state index contributed by atoms with van der Waals surface area (Å²) in [6, 6.07) is 1.76. The van der Waals surface area contributed by atoms with Gasteiger partial charge in [-0.25, -0.2) is 8.42 Å². The summed E-state index contributed by atoms with van der Waals surface area (Å²) in [5.74, 6) is 1.07. The molecule has 1 N–H and O–H groups in total. The van der Waals surface area contributed by atoms with E-state index in [0.29, 0.717) is 24.2 Å². The van der Waals surface area contributed by atoms with Crippen LogP contribution >= 0.6 is 0 Å². The number of hydrogen-bond acceptors (Lipinski definition) is 5. The van der Waals surface area contributed by atoms with Crippen molar-refractivity contribution in [2.24, 2.45) is 5.92 Å². The van der Waals surface area contributed by atoms with E-state index < -0.39 is 15.9 Å². The lowest BCUT2D eigenvalue weighted by Gasteiger charge is -2.16. The first-order valence-corrected chi connectivity index (χ1v) is 8.68. The molecule has 0 spiro atoms. The van der Waals surface area contributed by atoms with Crippen molar-refractivity contribution in [2.75, 3.05) is 11.5 Å². The van der Waals surface area contributed by atoms with E-state index in [-0.39, 0.29) is 23.5 Å². The van der Waals surface area contributed by atoms with Crippen LogP contribution in [0.4, 0.5) is 0 Å². The molecule has 2 rings (SSSR count). The Balaban J connectivity index is 2.00. The summed E-state index contributed by atoms with van der Waals surface area (Å²) in [5, 5.41) is 10.2. The third-order valence-electron chi connectivity index (χ3n) is 3.37. The highest BCUT2D eigenvalue weighted by Gasteiger charge is 2.29. The molecule has 1 aromatic heterocycles. The molecule has 1 aliphatic heterocycles. The Bertz CT molecular complexity index is 556. The average Bonchev–Trinajstić information content (AvgIpc) is 2.68. The topological polar surface area (TPSA) is 76.5 Å². The van der Waals surface area contributed by atoms with E-state index in [4.69, 9.17) is 4.74 Å². The van der Waals surface area contributed by atoms with Gasteiger partial charge < -0.3 is 9.84 Å². The maximum Gasteiger partial charge on any atom is 0.150 e. The van der Waals surface area contributed by atoms with E-state index in [0.717, 1.165) is 0 Å². The van der Waals surface area contributed by atoms with Gasteiger partial charge in [-0.1, -0.05) is 0 Å². The standard InChI is InChI=1S/C14H21NO4S/c1-10(2)19-13-6-12(7-15-8-13)14(16)5-11-3-4-20(17,18)9-11/h6-8,10-11,14,16H,3-5,9H2,1-2H3. The van der Waals surface area contributed by atoms with E-state index in [1.807, 2.05) is 13.8 Å². The summed E-state index contributed by atoms with van der Waals surface area (Å²) in [7, 11) is -2.90. The lowest BCUT2D eigenvalue weighted by Crippen LogP contribution is -2.11. The largest absolute Gasteiger partial charge is 0.489 e. The molecule has 0 amide bonds. The van der Waals surface area contributed by atoms with Gasteiger partial charge in [0.25, 0.3) is 0 Å². The third kappa shape index (κ3) is 4.18. The fraction of sp³-hybridized carbons (Fsp3) is 0.643. The van der Waals surface area contributed by atoms with Crippen LogP contribution in [0, 0.1) is 5.92 Å². The molecule has 0 bridgehead atoms. The van der Waals surface area contributed by atoms with Gasteiger partial charge in [-0.15, -0.1) is 0 Å². The Morgan fingerprint density at radius 1 is 1.45 bits per heavy atom. The minimum Gasteiger partial charge on any atom is -0.489 e. The highest BCUT2D eigenvalue weighted by molar-refractivity contribution is 7.91. The number of rotatable bonds is 5. The maximum atomic E-state index is 11.4. The van der Waals surface area contributed by atoms with Crippen molar-refractivity contribution in [3.8, 4) is 5.75 Å². The van der Waals surface area contributed by atoms with Crippen LogP contribution in [0.3, 0.4) is 0 Å². The summed E-state index contributed by atoms with van der Waals surface area (Å²) >= 11 is 0. The van der Waals surface area contributed by atoms with Crippen molar-refractivity contribution in [3.63, 3.8) is 0 Å². The Morgan fingerprint density at radius 2 is 2.20 bits per heavy atom. The second-order valence-corrected chi connectivity index (χ2v) is 7.87. The van der Waals surface area contributed by atoms with Gasteiger partial charge >= 0.3 is 0 Å². The van der Waals surface area contributed by atoms with E-state index >= 15 is 0 Å². The number of aliphatic hydroxyl groups is 1. The summed E-state index contributed by atoms with van der Waals surface area (Å²) in [6.45, 7) is 3.85. The zero-order valence-electron chi connectivity index (χ0n) is 11.8. The molecule has 2 atom stereocenters. The van der Waals surface area contributed by atoms with Crippen molar-refractivity contribution in [2.45, 2.75) is 38.9 Å². The molecule has 6 heteroatoms. The Hall–Kier alpha value is -1.14. The van der Waals surface area contributed by atoms with Crippen LogP contribution in [-0.2, 0) is 9.84 Å². The average molecular weight is 299 g/mol. The van der Waals surface area contributed by atoms with Gasteiger partial charge in [-0.05, 0) is 38.7 Å². The van der Waals surface area contributed by atoms with Crippen LogP contribution in [0.1, 0.15) is 38.4 Å². The Labute approximate surface area is 119 Å². The zero-order chi connectivity index (χ0) is 14.8. The van der Waals surface area contributed by atoms with Crippen LogP contribution in [-0.4, -0.2) is 36.1 Å². The highest BCUT2D eigenvalue weighted by Crippen LogP contribution is 2.29. The van der Waals surface area contributed by atoms with Crippen molar-refractivity contribution in [1.29, 1.82) is 0 Å². The summed E-state index contributed by atoms with van der Waals surface area (Å²) in [4.78, 5) is 4.06. The van der Waals surface area contributed by atoms with E-state index in [9.17, 15) is 13.5 Å². The van der Waals surface area contributed by atoms with Gasteiger partial charge in [0.1, 0.15) is 5.75 Å². The van der Waals surface area contributed by atoms with Crippen LogP contribution in [0.5, 0.6) is 5.75 Å². The molecule has 112 valence electrons. The van der Waals surface area contributed by atoms with E-state index in [1.54, 1.807) is 18.5 Å². The van der Waals surface area contributed by atoms with Crippen molar-refractivity contribution in [3.05, 3.63) is 24.0 Å². The molecule has 20 heavy (non-hydrogen) atoms. The molecule has 2 unspecified atom stereocenters. The summed E-state index contributed by atoms with van der Waals surface area (Å²) in [5.41, 5.74) is 0.674. The van der Waals surface area contributed by atoms with Gasteiger partial charge in [0.15, 0.2) is 9.84 Å². The number of aromatic nitrogens is 1. The number of ether oxygens (including phenoxy) is 1. The number of sulfone groups is 1. The minimum absolute atomic E-state index is 0.0321. The summed E-state index contributed by atoms with van der Waals surface area (Å²) < 4.78 is 28.4. The monoisotopic (exact) mass is 299 g/mol. The first-order chi connectivity index (χ1) is 9.35. The fourth-order valence-corrected chi connectivity index (χ4v) is 4.34. The number of nitrogens with zero attached hydrogens (tertiary/aromatic N) is 1. The normalized spacial score (nSPS) is 22.9. The Kier molecular flexibility index (Phi) is 4.65. The van der Waals surface area contributed by atoms with E-state index in [2.05, 4.69) is 4.98 Å². The molecule has 0 aromatic carbocycles. The third-order valence-corrected chi connectivity index (χ3v) is 5.21. The van der Waals surface area contributed by atoms with Crippen molar-refractivity contribution < 1.29 is 18.3 Å². The molecular formula is C14H21NO4S. The highest BCUT2D eigenvalue weighted by atomic mass is 32.2. The molecule has 1 saturated heterocycles. The molecule has 0 aliphatic carbocycles. The molecule has 0 saturated carbocycles. The second-order valence-electron chi connectivity index (χ2n) is 5.64. The molecule has 1 fully saturated rings. The lowest BCUT2D eigenvalue weighted by atomic mass is 9.97. The van der Waals surface area contributed by atoms with Crippen LogP contribution in [0.25, 0.3) is 0 Å². The van der Waals surface area contributed by atoms with Crippen LogP contribution in [0.2, 0.25) is 0 Å². The fourth-order valence-electron chi connectivity index (χ4n) is 2.46. The van der Waals surface area contributed by atoms with Crippen LogP contribution in [0.15, 0.2) is 18.5 Å². The number of pyridine rings is 1. The van der Waals surface area contributed by atoms with Crippen LogP contribution < -0.4 is 4.74 Å². The first kappa shape index (κ1) is 15.3. The SMILES string of the molecule is CC(C)Oc1cncc(C(O)CC2CCS(=O)(=O)C2)c1. The van der Waals surface area contributed by atoms with Gasteiger partial charge in [-0.2, -0.15) is 0 Å². The van der Waals surface area contributed by atoms with Gasteiger partial charge in [0.05, 0.1) is 29.9 Å². The first-order valence-electron chi connectivity index (χ1n) is 6.86. The van der Waals surface area contributed by atoms with Crippen molar-refractivity contribution in [1.82, 2.24) is 4.98 Å². The predicted octanol–water partition coefficient (Wildman–Crippen LogP) is 1.73. The minimum atomic E-state index is -2.90. The summed E-state index contributed by atoms with van der Waals surface area (Å²) in [6.07, 6.45) is 3.64. The predicted molar refractivity (Wildman–Crippen MR) is 76.3 cm³/mol. The number of hydrogen-bond donors (Lipinski definition) is 1. The van der Waals surface area contributed by atoms with Crippen molar-refractivity contribution >= 4 is 9.84 Å². The quantitative estimate of drug-likeness (QED) is 0.896. The van der Waals surface area contributed by atoms with Gasteiger partial charge in [0.2, 0.25) is 0 Å². The molecule has 1 aromatic rings. The lowest BCUT2D eigenvalue weighted by molar-refractivity contribution is 0.147. The van der Waals surface area contributed by atoms with E-state index in [1.165, 1.54) is 0 Å².